The van der Waals surface area contributed by atoms with Gasteiger partial charge in [0, 0.05) is 11.8 Å². The van der Waals surface area contributed by atoms with Gasteiger partial charge in [-0.3, -0.25) is 5.32 Å². The number of methoxy groups -OCH3 is 1. The van der Waals surface area contributed by atoms with Crippen molar-refractivity contribution < 1.29 is 4.74 Å². The van der Waals surface area contributed by atoms with Crippen molar-refractivity contribution in [3.05, 3.63) is 47.2 Å². The number of aromatic nitrogens is 2. The molecule has 0 aliphatic carbocycles. The molecule has 2 aromatic rings. The fourth-order valence-corrected chi connectivity index (χ4v) is 2.22. The molecule has 6 nitrogen and oxygen atoms in total. The van der Waals surface area contributed by atoms with Gasteiger partial charge in [0.2, 0.25) is 11.8 Å². The van der Waals surface area contributed by atoms with E-state index >= 15 is 0 Å². The van der Waals surface area contributed by atoms with E-state index in [-0.39, 0.29) is 5.96 Å². The number of aliphatic imine (C=N–C) groups is 1. The Morgan fingerprint density at radius 1 is 1.21 bits per heavy atom. The molecule has 3 N–H and O–H groups in total. The van der Waals surface area contributed by atoms with Gasteiger partial charge in [-0.2, -0.15) is 4.98 Å². The number of nitrogens with zero attached hydrogens (tertiary/aromatic N) is 3. The van der Waals surface area contributed by atoms with Crippen LogP contribution in [0.15, 0.2) is 35.3 Å². The van der Waals surface area contributed by atoms with E-state index in [2.05, 4.69) is 51.5 Å². The molecule has 0 saturated carbocycles. The number of nitrogens with two attached hydrogens (primary N) is 1. The topological polar surface area (TPSA) is 85.4 Å². The van der Waals surface area contributed by atoms with Gasteiger partial charge in [-0.25, -0.2) is 9.98 Å². The van der Waals surface area contributed by atoms with Crippen molar-refractivity contribution in [2.75, 3.05) is 12.4 Å². The van der Waals surface area contributed by atoms with Gasteiger partial charge < -0.3 is 10.5 Å². The lowest BCUT2D eigenvalue weighted by Crippen LogP contribution is -2.24. The maximum atomic E-state index is 5.91. The minimum atomic E-state index is 0.276. The van der Waals surface area contributed by atoms with Gasteiger partial charge >= 0.3 is 0 Å². The zero-order valence-electron chi connectivity index (χ0n) is 14.5. The van der Waals surface area contributed by atoms with Crippen molar-refractivity contribution in [3.63, 3.8) is 0 Å². The van der Waals surface area contributed by atoms with Crippen molar-refractivity contribution >= 4 is 11.9 Å². The molecule has 0 spiro atoms. The SMILES string of the molecule is CCCCc1ccc(CN=C(N)Nc2nc(C)cc(OC)n2)cc1. The van der Waals surface area contributed by atoms with Gasteiger partial charge in [0.05, 0.1) is 13.7 Å². The third-order valence-corrected chi connectivity index (χ3v) is 3.55. The number of hydrogen-bond acceptors (Lipinski definition) is 4. The van der Waals surface area contributed by atoms with E-state index in [1.165, 1.54) is 18.4 Å². The molecule has 128 valence electrons. The Kier molecular flexibility index (Phi) is 6.54. The average molecular weight is 327 g/mol. The van der Waals surface area contributed by atoms with Gasteiger partial charge in [0.1, 0.15) is 0 Å². The van der Waals surface area contributed by atoms with Crippen molar-refractivity contribution in [1.82, 2.24) is 9.97 Å². The quantitative estimate of drug-likeness (QED) is 0.603. The van der Waals surface area contributed by atoms with E-state index in [1.807, 2.05) is 6.92 Å². The minimum Gasteiger partial charge on any atom is -0.481 e. The van der Waals surface area contributed by atoms with Crippen molar-refractivity contribution in [2.24, 2.45) is 10.7 Å². The zero-order valence-corrected chi connectivity index (χ0v) is 14.5. The smallest absolute Gasteiger partial charge is 0.233 e. The van der Waals surface area contributed by atoms with Gasteiger partial charge in [0.25, 0.3) is 0 Å². The molecule has 0 bridgehead atoms. The summed E-state index contributed by atoms with van der Waals surface area (Å²) in [5.41, 5.74) is 9.17. The minimum absolute atomic E-state index is 0.276. The summed E-state index contributed by atoms with van der Waals surface area (Å²) in [6, 6.07) is 10.2. The Morgan fingerprint density at radius 3 is 2.58 bits per heavy atom. The molecule has 24 heavy (non-hydrogen) atoms. The molecular weight excluding hydrogens is 302 g/mol. The van der Waals surface area contributed by atoms with Crippen LogP contribution in [0.5, 0.6) is 5.88 Å². The summed E-state index contributed by atoms with van der Waals surface area (Å²) >= 11 is 0. The van der Waals surface area contributed by atoms with E-state index < -0.39 is 0 Å². The number of hydrogen-bond donors (Lipinski definition) is 2. The predicted molar refractivity (Wildman–Crippen MR) is 97.3 cm³/mol. The van der Waals surface area contributed by atoms with Crippen molar-refractivity contribution in [3.8, 4) is 5.88 Å². The number of nitrogens with one attached hydrogen (secondary N) is 1. The Morgan fingerprint density at radius 2 is 1.92 bits per heavy atom. The highest BCUT2D eigenvalue weighted by Crippen LogP contribution is 2.11. The third kappa shape index (κ3) is 5.53. The van der Waals surface area contributed by atoms with Crippen LogP contribution in [0.3, 0.4) is 0 Å². The van der Waals surface area contributed by atoms with Crippen LogP contribution in [0.25, 0.3) is 0 Å². The second kappa shape index (κ2) is 8.86. The first-order valence-corrected chi connectivity index (χ1v) is 8.15. The average Bonchev–Trinajstić information content (AvgIpc) is 2.58. The van der Waals surface area contributed by atoms with E-state index in [0.29, 0.717) is 18.4 Å². The van der Waals surface area contributed by atoms with Crippen LogP contribution in [0, 0.1) is 6.92 Å². The summed E-state index contributed by atoms with van der Waals surface area (Å²) < 4.78 is 5.11. The second-order valence-electron chi connectivity index (χ2n) is 5.62. The van der Waals surface area contributed by atoms with Crippen molar-refractivity contribution in [1.29, 1.82) is 0 Å². The van der Waals surface area contributed by atoms with Crippen LogP contribution < -0.4 is 15.8 Å². The van der Waals surface area contributed by atoms with E-state index in [4.69, 9.17) is 10.5 Å². The molecule has 0 atom stereocenters. The molecule has 0 aliphatic rings. The second-order valence-corrected chi connectivity index (χ2v) is 5.62. The summed E-state index contributed by atoms with van der Waals surface area (Å²) in [7, 11) is 1.56. The van der Waals surface area contributed by atoms with Gasteiger partial charge in [0.15, 0.2) is 5.96 Å². The number of rotatable bonds is 7. The Bertz CT molecular complexity index is 682. The number of guanidine groups is 1. The lowest BCUT2D eigenvalue weighted by atomic mass is 10.1. The Labute approximate surface area is 143 Å². The van der Waals surface area contributed by atoms with E-state index in [9.17, 15) is 0 Å². The van der Waals surface area contributed by atoms with Crippen LogP contribution in [0.4, 0.5) is 5.95 Å². The van der Waals surface area contributed by atoms with Crippen molar-refractivity contribution in [2.45, 2.75) is 39.7 Å². The summed E-state index contributed by atoms with van der Waals surface area (Å²) in [5.74, 6) is 1.14. The molecule has 0 amide bonds. The van der Waals surface area contributed by atoms with Crippen LogP contribution in [0.1, 0.15) is 36.6 Å². The largest absolute Gasteiger partial charge is 0.481 e. The molecule has 1 aromatic heterocycles. The predicted octanol–water partition coefficient (Wildman–Crippen LogP) is 3.06. The highest BCUT2D eigenvalue weighted by atomic mass is 16.5. The number of anilines is 1. The summed E-state index contributed by atoms with van der Waals surface area (Å²) in [5, 5.41) is 2.89. The molecule has 1 heterocycles. The Hall–Kier alpha value is -2.63. The third-order valence-electron chi connectivity index (χ3n) is 3.55. The summed E-state index contributed by atoms with van der Waals surface area (Å²) in [6.07, 6.45) is 3.55. The molecule has 0 aliphatic heterocycles. The molecule has 6 heteroatoms. The molecule has 1 aromatic carbocycles. The normalized spacial score (nSPS) is 11.4. The number of aryl methyl sites for hydroxylation is 2. The lowest BCUT2D eigenvalue weighted by molar-refractivity contribution is 0.397. The standard InChI is InChI=1S/C18H25N5O/c1-4-5-6-14-7-9-15(10-8-14)12-20-17(19)23-18-21-13(2)11-16(22-18)24-3/h7-11H,4-6,12H2,1-3H3,(H3,19,20,21,22,23). The van der Waals surface area contributed by atoms with Crippen LogP contribution in [-0.2, 0) is 13.0 Å². The first kappa shape index (κ1) is 17.7. The summed E-state index contributed by atoms with van der Waals surface area (Å²) in [4.78, 5) is 12.8. The number of ether oxygens (including phenoxy) is 1. The molecule has 0 unspecified atom stereocenters. The van der Waals surface area contributed by atoms with Crippen LogP contribution >= 0.6 is 0 Å². The number of unbranched alkanes of at least 4 members (excludes halogenated alkanes) is 1. The highest BCUT2D eigenvalue weighted by molar-refractivity contribution is 5.90. The fourth-order valence-electron chi connectivity index (χ4n) is 2.22. The fraction of sp³-hybridized carbons (Fsp3) is 0.389. The number of benzene rings is 1. The maximum absolute atomic E-state index is 5.91. The monoisotopic (exact) mass is 327 g/mol. The van der Waals surface area contributed by atoms with Gasteiger partial charge in [-0.1, -0.05) is 37.6 Å². The molecule has 0 fully saturated rings. The molecule has 0 saturated heterocycles. The first-order chi connectivity index (χ1) is 11.6. The van der Waals surface area contributed by atoms with Gasteiger partial charge in [-0.05, 0) is 30.9 Å². The molecule has 0 radical (unpaired) electrons. The highest BCUT2D eigenvalue weighted by Gasteiger charge is 2.03. The summed E-state index contributed by atoms with van der Waals surface area (Å²) in [6.45, 7) is 4.57. The van der Waals surface area contributed by atoms with E-state index in [0.717, 1.165) is 17.7 Å². The van der Waals surface area contributed by atoms with Gasteiger partial charge in [-0.15, -0.1) is 0 Å². The first-order valence-electron chi connectivity index (χ1n) is 8.15. The van der Waals surface area contributed by atoms with E-state index in [1.54, 1.807) is 13.2 Å². The van der Waals surface area contributed by atoms with Crippen LogP contribution in [0.2, 0.25) is 0 Å². The molecular formula is C18H25N5O. The lowest BCUT2D eigenvalue weighted by Gasteiger charge is -2.07. The molecule has 2 rings (SSSR count). The van der Waals surface area contributed by atoms with Crippen LogP contribution in [-0.4, -0.2) is 23.0 Å². The Balaban J connectivity index is 1.95. The zero-order chi connectivity index (χ0) is 17.4. The maximum Gasteiger partial charge on any atom is 0.233 e.